The first-order valence-corrected chi connectivity index (χ1v) is 6.93. The molecule has 0 aliphatic heterocycles. The van der Waals surface area contributed by atoms with Crippen molar-refractivity contribution in [1.82, 2.24) is 4.98 Å². The zero-order valence-electron chi connectivity index (χ0n) is 11.6. The van der Waals surface area contributed by atoms with E-state index in [1.165, 1.54) is 27.9 Å². The molecule has 2 atom stereocenters. The number of aryl methyl sites for hydroxylation is 3. The van der Waals surface area contributed by atoms with Crippen molar-refractivity contribution in [1.29, 1.82) is 0 Å². The number of pyridine rings is 1. The summed E-state index contributed by atoms with van der Waals surface area (Å²) in [6.45, 7) is 4.27. The third-order valence-electron chi connectivity index (χ3n) is 4.22. The highest BCUT2D eigenvalue weighted by Gasteiger charge is 2.30. The second-order valence-corrected chi connectivity index (χ2v) is 5.58. The molecule has 2 aromatic rings. The summed E-state index contributed by atoms with van der Waals surface area (Å²) < 4.78 is 0. The van der Waals surface area contributed by atoms with Crippen LogP contribution in [-0.4, -0.2) is 4.98 Å². The van der Waals surface area contributed by atoms with Crippen LogP contribution < -0.4 is 5.73 Å². The topological polar surface area (TPSA) is 38.9 Å². The first-order chi connectivity index (χ1) is 9.16. The molecular formula is C17H20N2. The Morgan fingerprint density at radius 3 is 2.89 bits per heavy atom. The van der Waals surface area contributed by atoms with Crippen LogP contribution in [0.1, 0.15) is 46.3 Å². The number of aromatic nitrogens is 1. The van der Waals surface area contributed by atoms with Crippen LogP contribution >= 0.6 is 0 Å². The minimum absolute atomic E-state index is 0.0525. The lowest BCUT2D eigenvalue weighted by molar-refractivity contribution is 0.539. The molecule has 19 heavy (non-hydrogen) atoms. The summed E-state index contributed by atoms with van der Waals surface area (Å²) in [5.41, 5.74) is 12.9. The van der Waals surface area contributed by atoms with E-state index in [1.54, 1.807) is 0 Å². The van der Waals surface area contributed by atoms with Gasteiger partial charge in [0.1, 0.15) is 0 Å². The number of hydrogen-bond donors (Lipinski definition) is 1. The zero-order chi connectivity index (χ0) is 13.4. The Labute approximate surface area is 114 Å². The molecular weight excluding hydrogens is 232 g/mol. The maximum atomic E-state index is 6.53. The van der Waals surface area contributed by atoms with Crippen molar-refractivity contribution >= 4 is 0 Å². The molecule has 0 spiro atoms. The summed E-state index contributed by atoms with van der Waals surface area (Å²) in [6, 6.07) is 10.8. The smallest absolute Gasteiger partial charge is 0.0485 e. The lowest BCUT2D eigenvalue weighted by atomic mass is 9.88. The molecule has 0 saturated heterocycles. The highest BCUT2D eigenvalue weighted by atomic mass is 14.8. The summed E-state index contributed by atoms with van der Waals surface area (Å²) in [6.07, 6.45) is 4.10. The SMILES string of the molecule is Cc1ccc(C(N)C2CCc3cccnc32)c(C)c1. The molecule has 1 aliphatic carbocycles. The van der Waals surface area contributed by atoms with E-state index in [0.29, 0.717) is 5.92 Å². The first-order valence-electron chi connectivity index (χ1n) is 6.93. The van der Waals surface area contributed by atoms with Gasteiger partial charge in [-0.1, -0.05) is 29.8 Å². The van der Waals surface area contributed by atoms with Gasteiger partial charge < -0.3 is 5.73 Å². The quantitative estimate of drug-likeness (QED) is 0.889. The molecule has 0 amide bonds. The van der Waals surface area contributed by atoms with Gasteiger partial charge in [0.2, 0.25) is 0 Å². The van der Waals surface area contributed by atoms with Crippen molar-refractivity contribution in [3.05, 3.63) is 64.5 Å². The largest absolute Gasteiger partial charge is 0.323 e. The summed E-state index contributed by atoms with van der Waals surface area (Å²) >= 11 is 0. The monoisotopic (exact) mass is 252 g/mol. The Morgan fingerprint density at radius 2 is 2.11 bits per heavy atom. The number of hydrogen-bond acceptors (Lipinski definition) is 2. The van der Waals surface area contributed by atoms with Gasteiger partial charge >= 0.3 is 0 Å². The van der Waals surface area contributed by atoms with Crippen LogP contribution in [0, 0.1) is 13.8 Å². The molecule has 0 bridgehead atoms. The minimum atomic E-state index is 0.0525. The van der Waals surface area contributed by atoms with Crippen LogP contribution in [0.4, 0.5) is 0 Å². The standard InChI is InChI=1S/C17H20N2/c1-11-5-7-14(12(2)10-11)16(18)15-8-6-13-4-3-9-19-17(13)15/h3-5,7,9-10,15-16H,6,8,18H2,1-2H3. The number of benzene rings is 1. The molecule has 1 aliphatic rings. The van der Waals surface area contributed by atoms with E-state index in [2.05, 4.69) is 43.1 Å². The molecule has 2 unspecified atom stereocenters. The van der Waals surface area contributed by atoms with E-state index < -0.39 is 0 Å². The molecule has 2 nitrogen and oxygen atoms in total. The fourth-order valence-corrected chi connectivity index (χ4v) is 3.21. The fourth-order valence-electron chi connectivity index (χ4n) is 3.21. The van der Waals surface area contributed by atoms with E-state index in [-0.39, 0.29) is 6.04 Å². The highest BCUT2D eigenvalue weighted by molar-refractivity contribution is 5.37. The predicted molar refractivity (Wildman–Crippen MR) is 78.1 cm³/mol. The molecule has 0 saturated carbocycles. The number of nitrogens with zero attached hydrogens (tertiary/aromatic N) is 1. The maximum Gasteiger partial charge on any atom is 0.0485 e. The summed E-state index contributed by atoms with van der Waals surface area (Å²) in [5.74, 6) is 0.359. The van der Waals surface area contributed by atoms with E-state index in [1.807, 2.05) is 12.3 Å². The van der Waals surface area contributed by atoms with Crippen LogP contribution in [-0.2, 0) is 6.42 Å². The number of fused-ring (bicyclic) bond motifs is 1. The van der Waals surface area contributed by atoms with Gasteiger partial charge in [-0.2, -0.15) is 0 Å². The molecule has 98 valence electrons. The van der Waals surface area contributed by atoms with Crippen molar-refractivity contribution in [3.63, 3.8) is 0 Å². The maximum absolute atomic E-state index is 6.53. The van der Waals surface area contributed by atoms with Gasteiger partial charge in [0.25, 0.3) is 0 Å². The summed E-state index contributed by atoms with van der Waals surface area (Å²) in [7, 11) is 0. The molecule has 1 aromatic carbocycles. The molecule has 1 aromatic heterocycles. The van der Waals surface area contributed by atoms with E-state index >= 15 is 0 Å². The summed E-state index contributed by atoms with van der Waals surface area (Å²) in [4.78, 5) is 4.55. The average molecular weight is 252 g/mol. The Kier molecular flexibility index (Phi) is 3.11. The van der Waals surface area contributed by atoms with Gasteiger partial charge in [-0.15, -0.1) is 0 Å². The van der Waals surface area contributed by atoms with E-state index in [0.717, 1.165) is 12.8 Å². The van der Waals surface area contributed by atoms with Crippen molar-refractivity contribution in [3.8, 4) is 0 Å². The van der Waals surface area contributed by atoms with Crippen molar-refractivity contribution in [2.45, 2.75) is 38.6 Å². The summed E-state index contributed by atoms with van der Waals surface area (Å²) in [5, 5.41) is 0. The average Bonchev–Trinajstić information content (AvgIpc) is 2.82. The van der Waals surface area contributed by atoms with E-state index in [9.17, 15) is 0 Å². The lowest BCUT2D eigenvalue weighted by Gasteiger charge is -2.22. The van der Waals surface area contributed by atoms with Crippen molar-refractivity contribution < 1.29 is 0 Å². The molecule has 2 N–H and O–H groups in total. The van der Waals surface area contributed by atoms with E-state index in [4.69, 9.17) is 5.73 Å². The Morgan fingerprint density at radius 1 is 1.26 bits per heavy atom. The van der Waals surface area contributed by atoms with Gasteiger partial charge in [0, 0.05) is 23.9 Å². The first kappa shape index (κ1) is 12.4. The number of nitrogens with two attached hydrogens (primary N) is 1. The molecule has 0 fully saturated rings. The highest BCUT2D eigenvalue weighted by Crippen LogP contribution is 2.39. The van der Waals surface area contributed by atoms with Crippen LogP contribution in [0.2, 0.25) is 0 Å². The lowest BCUT2D eigenvalue weighted by Crippen LogP contribution is -2.20. The number of rotatable bonds is 2. The van der Waals surface area contributed by atoms with Gasteiger partial charge in [0.15, 0.2) is 0 Å². The van der Waals surface area contributed by atoms with Crippen molar-refractivity contribution in [2.24, 2.45) is 5.73 Å². The third kappa shape index (κ3) is 2.17. The second-order valence-electron chi connectivity index (χ2n) is 5.58. The molecule has 2 heteroatoms. The van der Waals surface area contributed by atoms with Crippen LogP contribution in [0.3, 0.4) is 0 Å². The Balaban J connectivity index is 1.95. The fraction of sp³-hybridized carbons (Fsp3) is 0.353. The third-order valence-corrected chi connectivity index (χ3v) is 4.22. The van der Waals surface area contributed by atoms with Gasteiger partial charge in [-0.25, -0.2) is 0 Å². The normalized spacial score (nSPS) is 19.2. The predicted octanol–water partition coefficient (Wildman–Crippen LogP) is 3.43. The van der Waals surface area contributed by atoms with Crippen LogP contribution in [0.5, 0.6) is 0 Å². The Bertz CT molecular complexity index is 604. The van der Waals surface area contributed by atoms with Crippen LogP contribution in [0.15, 0.2) is 36.5 Å². The molecule has 0 radical (unpaired) electrons. The van der Waals surface area contributed by atoms with Crippen molar-refractivity contribution in [2.75, 3.05) is 0 Å². The zero-order valence-corrected chi connectivity index (χ0v) is 11.6. The van der Waals surface area contributed by atoms with Gasteiger partial charge in [-0.05, 0) is 49.4 Å². The van der Waals surface area contributed by atoms with Crippen LogP contribution in [0.25, 0.3) is 0 Å². The Hall–Kier alpha value is -1.67. The molecule has 1 heterocycles. The molecule has 3 rings (SSSR count). The second kappa shape index (κ2) is 4.78. The minimum Gasteiger partial charge on any atom is -0.323 e. The van der Waals surface area contributed by atoms with Gasteiger partial charge in [-0.3, -0.25) is 4.98 Å². The van der Waals surface area contributed by atoms with Gasteiger partial charge in [0.05, 0.1) is 0 Å².